The standard InChI is InChI=1S/C11H13N5O3/c1-11(2,3)16-12-10(17)14(13-16)8-4-6-9(7-5-8)15(18)19/h4-7H,1-3H3/p+1. The summed E-state index contributed by atoms with van der Waals surface area (Å²) in [7, 11) is 0. The molecule has 0 unspecified atom stereocenters. The zero-order valence-corrected chi connectivity index (χ0v) is 10.8. The number of nitro groups is 1. The Morgan fingerprint density at radius 3 is 2.32 bits per heavy atom. The van der Waals surface area contributed by atoms with Crippen molar-refractivity contribution in [2.75, 3.05) is 0 Å². The van der Waals surface area contributed by atoms with Gasteiger partial charge in [-0.3, -0.25) is 10.1 Å². The lowest BCUT2D eigenvalue weighted by molar-refractivity contribution is -0.854. The number of hydrogen-bond donors (Lipinski definition) is 1. The van der Waals surface area contributed by atoms with Crippen molar-refractivity contribution in [3.05, 3.63) is 44.9 Å². The van der Waals surface area contributed by atoms with E-state index in [1.807, 2.05) is 20.8 Å². The average molecular weight is 264 g/mol. The summed E-state index contributed by atoms with van der Waals surface area (Å²) in [5, 5.41) is 17.3. The Hall–Kier alpha value is -2.51. The Bertz CT molecular complexity index is 663. The first-order valence-corrected chi connectivity index (χ1v) is 5.66. The van der Waals surface area contributed by atoms with Gasteiger partial charge in [-0.25, -0.2) is 4.79 Å². The SMILES string of the molecule is CC(C)(C)[n+]1nn(-c2ccc([N+](=O)[O-])cc2)c(=O)[nH]1. The molecule has 2 rings (SSSR count). The van der Waals surface area contributed by atoms with Gasteiger partial charge in [0.05, 0.1) is 4.92 Å². The van der Waals surface area contributed by atoms with Crippen LogP contribution in [-0.2, 0) is 5.54 Å². The van der Waals surface area contributed by atoms with Crippen molar-refractivity contribution in [2.45, 2.75) is 26.3 Å². The number of aromatic nitrogens is 4. The molecule has 1 heterocycles. The van der Waals surface area contributed by atoms with Crippen molar-refractivity contribution in [3.8, 4) is 5.69 Å². The highest BCUT2D eigenvalue weighted by Crippen LogP contribution is 2.13. The lowest BCUT2D eigenvalue weighted by Gasteiger charge is -2.08. The summed E-state index contributed by atoms with van der Waals surface area (Å²) in [6.07, 6.45) is 0. The summed E-state index contributed by atoms with van der Waals surface area (Å²) < 4.78 is 1.16. The molecule has 0 radical (unpaired) electrons. The summed E-state index contributed by atoms with van der Waals surface area (Å²) >= 11 is 0. The number of aromatic amines is 1. The van der Waals surface area contributed by atoms with Gasteiger partial charge in [0.15, 0.2) is 5.69 Å². The topological polar surface area (TPSA) is 97.7 Å². The maximum absolute atomic E-state index is 11.8. The highest BCUT2D eigenvalue weighted by atomic mass is 16.6. The van der Waals surface area contributed by atoms with E-state index in [4.69, 9.17) is 0 Å². The van der Waals surface area contributed by atoms with E-state index in [0.717, 1.165) is 4.68 Å². The van der Waals surface area contributed by atoms with Gasteiger partial charge in [0.25, 0.3) is 5.69 Å². The fraction of sp³-hybridized carbons (Fsp3) is 0.364. The number of H-pyrrole nitrogens is 1. The minimum absolute atomic E-state index is 0.0315. The summed E-state index contributed by atoms with van der Waals surface area (Å²) in [6, 6.07) is 5.62. The van der Waals surface area contributed by atoms with Crippen LogP contribution in [-0.4, -0.2) is 19.9 Å². The number of tetrazole rings is 1. The number of nitrogens with zero attached hydrogens (tertiary/aromatic N) is 4. The Morgan fingerprint density at radius 2 is 1.89 bits per heavy atom. The molecule has 1 N–H and O–H groups in total. The molecule has 0 aliphatic heterocycles. The van der Waals surface area contributed by atoms with Crippen molar-refractivity contribution in [3.63, 3.8) is 0 Å². The molecule has 0 amide bonds. The Labute approximate surface area is 108 Å². The minimum atomic E-state index is -0.494. The van der Waals surface area contributed by atoms with Crippen LogP contribution in [0.4, 0.5) is 5.69 Å². The fourth-order valence-electron chi connectivity index (χ4n) is 1.48. The highest BCUT2D eigenvalue weighted by Gasteiger charge is 2.26. The van der Waals surface area contributed by atoms with E-state index in [1.54, 1.807) is 0 Å². The molecule has 0 aliphatic rings. The molecule has 100 valence electrons. The highest BCUT2D eigenvalue weighted by molar-refractivity contribution is 5.39. The smallest absolute Gasteiger partial charge is 0.258 e. The van der Waals surface area contributed by atoms with E-state index < -0.39 is 10.6 Å². The van der Waals surface area contributed by atoms with Gasteiger partial charge in [0, 0.05) is 12.1 Å². The van der Waals surface area contributed by atoms with Crippen LogP contribution < -0.4 is 10.5 Å². The van der Waals surface area contributed by atoms with Crippen LogP contribution in [0, 0.1) is 10.1 Å². The molecule has 0 saturated heterocycles. The molecule has 0 saturated carbocycles. The van der Waals surface area contributed by atoms with E-state index in [1.165, 1.54) is 29.1 Å². The van der Waals surface area contributed by atoms with Crippen LogP contribution in [0.2, 0.25) is 0 Å². The summed E-state index contributed by atoms with van der Waals surface area (Å²) in [4.78, 5) is 23.3. The Kier molecular flexibility index (Phi) is 2.93. The van der Waals surface area contributed by atoms with Crippen LogP contribution in [0.25, 0.3) is 5.69 Å². The lowest BCUT2D eigenvalue weighted by Crippen LogP contribution is -2.55. The third kappa shape index (κ3) is 2.51. The number of benzene rings is 1. The van der Waals surface area contributed by atoms with Crippen LogP contribution in [0.1, 0.15) is 20.8 Å². The number of rotatable bonds is 2. The zero-order chi connectivity index (χ0) is 14.2. The van der Waals surface area contributed by atoms with Crippen molar-refractivity contribution in [2.24, 2.45) is 0 Å². The second-order valence-electron chi connectivity index (χ2n) is 5.07. The van der Waals surface area contributed by atoms with E-state index >= 15 is 0 Å². The number of nitro benzene ring substituents is 1. The van der Waals surface area contributed by atoms with Gasteiger partial charge in [0.2, 0.25) is 0 Å². The van der Waals surface area contributed by atoms with Gasteiger partial charge < -0.3 is 0 Å². The maximum Gasteiger partial charge on any atom is 0.471 e. The number of hydrogen-bond acceptors (Lipinski definition) is 4. The van der Waals surface area contributed by atoms with Gasteiger partial charge >= 0.3 is 5.69 Å². The minimum Gasteiger partial charge on any atom is -0.258 e. The molecule has 0 bridgehead atoms. The quantitative estimate of drug-likeness (QED) is 0.485. The van der Waals surface area contributed by atoms with E-state index in [-0.39, 0.29) is 11.2 Å². The predicted octanol–water partition coefficient (Wildman–Crippen LogP) is 0.511. The first-order valence-electron chi connectivity index (χ1n) is 5.66. The molecule has 19 heavy (non-hydrogen) atoms. The molecule has 1 aromatic heterocycles. The fourth-order valence-corrected chi connectivity index (χ4v) is 1.48. The third-order valence-corrected chi connectivity index (χ3v) is 2.51. The van der Waals surface area contributed by atoms with Gasteiger partial charge in [-0.15, -0.1) is 5.10 Å². The van der Waals surface area contributed by atoms with Gasteiger partial charge in [0.1, 0.15) is 10.8 Å². The first kappa shape index (κ1) is 12.9. The van der Waals surface area contributed by atoms with Crippen LogP contribution in [0.3, 0.4) is 0 Å². The van der Waals surface area contributed by atoms with E-state index in [2.05, 4.69) is 10.3 Å². The Balaban J connectivity index is 2.45. The average Bonchev–Trinajstić information content (AvgIpc) is 2.71. The Morgan fingerprint density at radius 1 is 1.32 bits per heavy atom. The van der Waals surface area contributed by atoms with E-state index in [9.17, 15) is 14.9 Å². The van der Waals surface area contributed by atoms with Crippen LogP contribution in [0.5, 0.6) is 0 Å². The largest absolute Gasteiger partial charge is 0.471 e. The van der Waals surface area contributed by atoms with Crippen molar-refractivity contribution < 1.29 is 9.72 Å². The monoisotopic (exact) mass is 264 g/mol. The molecular formula is C11H14N5O3+. The molecule has 0 spiro atoms. The summed E-state index contributed by atoms with van der Waals surface area (Å²) in [5.41, 5.74) is -0.319. The molecular weight excluding hydrogens is 250 g/mol. The van der Waals surface area contributed by atoms with Crippen molar-refractivity contribution >= 4 is 5.69 Å². The second kappa shape index (κ2) is 4.30. The van der Waals surface area contributed by atoms with Crippen molar-refractivity contribution in [1.82, 2.24) is 15.0 Å². The maximum atomic E-state index is 11.8. The molecule has 2 aromatic rings. The summed E-state index contributed by atoms with van der Waals surface area (Å²) in [6.45, 7) is 5.70. The summed E-state index contributed by atoms with van der Waals surface area (Å²) in [5.74, 6) is 0. The molecule has 0 atom stereocenters. The molecule has 8 nitrogen and oxygen atoms in total. The second-order valence-corrected chi connectivity index (χ2v) is 5.07. The molecule has 0 aliphatic carbocycles. The van der Waals surface area contributed by atoms with E-state index in [0.29, 0.717) is 5.69 Å². The van der Waals surface area contributed by atoms with Gasteiger partial charge in [-0.2, -0.15) is 0 Å². The molecule has 0 fully saturated rings. The molecule has 8 heteroatoms. The lowest BCUT2D eigenvalue weighted by atomic mass is 10.1. The first-order chi connectivity index (χ1) is 8.79. The number of non-ortho nitro benzene ring substituents is 1. The third-order valence-electron chi connectivity index (χ3n) is 2.51. The normalized spacial score (nSPS) is 11.5. The zero-order valence-electron chi connectivity index (χ0n) is 10.8. The van der Waals surface area contributed by atoms with Gasteiger partial charge in [-0.1, -0.05) is 4.80 Å². The number of nitrogens with one attached hydrogen (secondary N) is 1. The van der Waals surface area contributed by atoms with Crippen LogP contribution in [0.15, 0.2) is 29.1 Å². The van der Waals surface area contributed by atoms with Crippen molar-refractivity contribution in [1.29, 1.82) is 0 Å². The predicted molar refractivity (Wildman–Crippen MR) is 66.0 cm³/mol. The molecule has 1 aromatic carbocycles. The van der Waals surface area contributed by atoms with Gasteiger partial charge in [-0.05, 0) is 37.6 Å². The van der Waals surface area contributed by atoms with Crippen LogP contribution >= 0.6 is 0 Å².